The van der Waals surface area contributed by atoms with Gasteiger partial charge in [0.1, 0.15) is 5.02 Å². The second-order valence-corrected chi connectivity index (χ2v) is 9.95. The van der Waals surface area contributed by atoms with Gasteiger partial charge in [0.05, 0.1) is 17.4 Å². The molecular formula is C26H32ClN9. The Bertz CT molecular complexity index is 1370. The highest BCUT2D eigenvalue weighted by Crippen LogP contribution is 2.33. The van der Waals surface area contributed by atoms with Gasteiger partial charge in [-0.15, -0.1) is 5.10 Å². The summed E-state index contributed by atoms with van der Waals surface area (Å²) in [5.74, 6) is 2.61. The van der Waals surface area contributed by atoms with Crippen LogP contribution in [0.15, 0.2) is 36.5 Å². The molecule has 0 radical (unpaired) electrons. The van der Waals surface area contributed by atoms with Crippen molar-refractivity contribution >= 4 is 45.8 Å². The Balaban J connectivity index is 1.34. The number of nitrogens with zero attached hydrogens (tertiary/aromatic N) is 8. The normalized spacial score (nSPS) is 18.0. The third kappa shape index (κ3) is 4.67. The number of halogens is 1. The van der Waals surface area contributed by atoms with E-state index in [1.165, 1.54) is 0 Å². The molecule has 2 atom stereocenters. The number of piperidine rings is 1. The SMILES string of the molecule is CCC1CN(c2ccc(C)nn2)CCC1N(C)c1nc(Nc2ccc3c(C)n(C)nc3c2)ncc1Cl. The molecule has 0 amide bonds. The maximum Gasteiger partial charge on any atom is 0.229 e. The van der Waals surface area contributed by atoms with E-state index in [1.54, 1.807) is 6.20 Å². The molecule has 5 rings (SSSR count). The summed E-state index contributed by atoms with van der Waals surface area (Å²) in [5, 5.41) is 18.2. The molecule has 0 bridgehead atoms. The Morgan fingerprint density at radius 1 is 1.17 bits per heavy atom. The number of nitrogens with one attached hydrogen (secondary N) is 1. The molecule has 0 saturated carbocycles. The number of anilines is 4. The highest BCUT2D eigenvalue weighted by molar-refractivity contribution is 6.32. The highest BCUT2D eigenvalue weighted by Gasteiger charge is 2.33. The Morgan fingerprint density at radius 2 is 2.00 bits per heavy atom. The highest BCUT2D eigenvalue weighted by atomic mass is 35.5. The lowest BCUT2D eigenvalue weighted by molar-refractivity contribution is 0.335. The van der Waals surface area contributed by atoms with Crippen LogP contribution in [0.25, 0.3) is 10.9 Å². The second kappa shape index (κ2) is 9.89. The fraction of sp³-hybridized carbons (Fsp3) is 0.423. The van der Waals surface area contributed by atoms with Crippen molar-refractivity contribution in [3.63, 3.8) is 0 Å². The number of fused-ring (bicyclic) bond motifs is 1. The van der Waals surface area contributed by atoms with Crippen molar-refractivity contribution in [3.05, 3.63) is 52.9 Å². The summed E-state index contributed by atoms with van der Waals surface area (Å²) in [7, 11) is 4.03. The summed E-state index contributed by atoms with van der Waals surface area (Å²) in [5.41, 5.74) is 3.88. The van der Waals surface area contributed by atoms with Crippen LogP contribution in [0.4, 0.5) is 23.3 Å². The van der Waals surface area contributed by atoms with Crippen molar-refractivity contribution in [1.82, 2.24) is 29.9 Å². The summed E-state index contributed by atoms with van der Waals surface area (Å²) < 4.78 is 1.89. The van der Waals surface area contributed by atoms with Crippen LogP contribution in [-0.2, 0) is 7.05 Å². The molecule has 1 fully saturated rings. The van der Waals surface area contributed by atoms with Crippen molar-refractivity contribution < 1.29 is 0 Å². The first-order chi connectivity index (χ1) is 17.3. The molecule has 1 aromatic carbocycles. The van der Waals surface area contributed by atoms with Crippen LogP contribution in [0.3, 0.4) is 0 Å². The van der Waals surface area contributed by atoms with Gasteiger partial charge in [-0.3, -0.25) is 4.68 Å². The number of benzene rings is 1. The molecule has 1 aliphatic heterocycles. The van der Waals surface area contributed by atoms with Gasteiger partial charge >= 0.3 is 0 Å². The summed E-state index contributed by atoms with van der Waals surface area (Å²) >= 11 is 6.61. The van der Waals surface area contributed by atoms with E-state index >= 15 is 0 Å². The zero-order valence-electron chi connectivity index (χ0n) is 21.4. The van der Waals surface area contributed by atoms with E-state index < -0.39 is 0 Å². The molecule has 1 aliphatic rings. The van der Waals surface area contributed by atoms with Crippen molar-refractivity contribution in [1.29, 1.82) is 0 Å². The van der Waals surface area contributed by atoms with Gasteiger partial charge in [0.15, 0.2) is 11.6 Å². The molecule has 0 aliphatic carbocycles. The van der Waals surface area contributed by atoms with E-state index in [-0.39, 0.29) is 0 Å². The van der Waals surface area contributed by atoms with Crippen molar-refractivity contribution in [2.24, 2.45) is 13.0 Å². The molecule has 10 heteroatoms. The lowest BCUT2D eigenvalue weighted by Crippen LogP contribution is -2.50. The second-order valence-electron chi connectivity index (χ2n) is 9.55. The Hall–Kier alpha value is -3.46. The van der Waals surface area contributed by atoms with E-state index in [0.29, 0.717) is 22.9 Å². The van der Waals surface area contributed by atoms with Crippen molar-refractivity contribution in [3.8, 4) is 0 Å². The summed E-state index contributed by atoms with van der Waals surface area (Å²) in [6, 6.07) is 10.5. The molecule has 0 spiro atoms. The fourth-order valence-corrected chi connectivity index (χ4v) is 5.28. The minimum absolute atomic E-state index is 0.303. The number of aromatic nitrogens is 6. The van der Waals surface area contributed by atoms with E-state index in [0.717, 1.165) is 65.5 Å². The van der Waals surface area contributed by atoms with E-state index in [9.17, 15) is 0 Å². The Kier molecular flexibility index (Phi) is 6.66. The molecule has 9 nitrogen and oxygen atoms in total. The average Bonchev–Trinajstić information content (AvgIpc) is 3.17. The lowest BCUT2D eigenvalue weighted by Gasteiger charge is -2.43. The van der Waals surface area contributed by atoms with Gasteiger partial charge in [0.2, 0.25) is 5.95 Å². The number of hydrogen-bond acceptors (Lipinski definition) is 8. The minimum Gasteiger partial charge on any atom is -0.355 e. The average molecular weight is 506 g/mol. The van der Waals surface area contributed by atoms with Crippen LogP contribution in [0.5, 0.6) is 0 Å². The van der Waals surface area contributed by atoms with Crippen LogP contribution in [0.1, 0.15) is 31.2 Å². The van der Waals surface area contributed by atoms with Gasteiger partial charge in [-0.1, -0.05) is 18.5 Å². The number of aryl methyl sites for hydroxylation is 3. The third-order valence-corrected chi connectivity index (χ3v) is 7.54. The number of hydrogen-bond donors (Lipinski definition) is 1. The minimum atomic E-state index is 0.303. The van der Waals surface area contributed by atoms with Gasteiger partial charge in [-0.25, -0.2) is 4.98 Å². The van der Waals surface area contributed by atoms with Gasteiger partial charge in [0, 0.05) is 50.0 Å². The lowest BCUT2D eigenvalue weighted by atomic mass is 9.89. The summed E-state index contributed by atoms with van der Waals surface area (Å²) in [6.07, 6.45) is 3.69. The maximum atomic E-state index is 6.61. The van der Waals surface area contributed by atoms with Gasteiger partial charge in [-0.05, 0) is 62.9 Å². The van der Waals surface area contributed by atoms with E-state index in [1.807, 2.05) is 36.9 Å². The first kappa shape index (κ1) is 24.2. The molecule has 2 unspecified atom stereocenters. The van der Waals surface area contributed by atoms with Crippen LogP contribution in [0, 0.1) is 19.8 Å². The standard InChI is InChI=1S/C26H32ClN9/c1-6-18-15-36(24-10-7-16(2)31-32-24)12-11-23(18)34(4)25-21(27)14-28-26(30-25)29-19-8-9-20-17(3)35(5)33-22(20)13-19/h7-10,13-14,18,23H,6,11-12,15H2,1-5H3,(H,28,29,30). The van der Waals surface area contributed by atoms with Gasteiger partial charge < -0.3 is 15.1 Å². The monoisotopic (exact) mass is 505 g/mol. The van der Waals surface area contributed by atoms with Gasteiger partial charge in [0.25, 0.3) is 0 Å². The van der Waals surface area contributed by atoms with Crippen LogP contribution in [0.2, 0.25) is 5.02 Å². The molecule has 188 valence electrons. The van der Waals surface area contributed by atoms with Crippen LogP contribution < -0.4 is 15.1 Å². The van der Waals surface area contributed by atoms with Crippen molar-refractivity contribution in [2.45, 2.75) is 39.7 Å². The fourth-order valence-electron chi connectivity index (χ4n) is 5.06. The number of rotatable bonds is 6. The summed E-state index contributed by atoms with van der Waals surface area (Å²) in [4.78, 5) is 13.8. The zero-order valence-corrected chi connectivity index (χ0v) is 22.2. The molecular weight excluding hydrogens is 474 g/mol. The summed E-state index contributed by atoms with van der Waals surface area (Å²) in [6.45, 7) is 8.08. The van der Waals surface area contributed by atoms with Crippen LogP contribution in [-0.4, -0.2) is 56.1 Å². The smallest absolute Gasteiger partial charge is 0.229 e. The molecule has 1 saturated heterocycles. The predicted octanol–water partition coefficient (Wildman–Crippen LogP) is 4.91. The molecule has 4 aromatic rings. The van der Waals surface area contributed by atoms with Gasteiger partial charge in [-0.2, -0.15) is 15.2 Å². The molecule has 1 N–H and O–H groups in total. The first-order valence-electron chi connectivity index (χ1n) is 12.3. The topological polar surface area (TPSA) is 87.9 Å². The molecule has 4 heterocycles. The molecule has 3 aromatic heterocycles. The Labute approximate surface area is 216 Å². The Morgan fingerprint density at radius 3 is 2.75 bits per heavy atom. The third-order valence-electron chi connectivity index (χ3n) is 7.27. The predicted molar refractivity (Wildman–Crippen MR) is 145 cm³/mol. The zero-order chi connectivity index (χ0) is 25.4. The maximum absolute atomic E-state index is 6.61. The van der Waals surface area contributed by atoms with E-state index in [4.69, 9.17) is 16.6 Å². The first-order valence-corrected chi connectivity index (χ1v) is 12.7. The van der Waals surface area contributed by atoms with Crippen molar-refractivity contribution in [2.75, 3.05) is 35.3 Å². The largest absolute Gasteiger partial charge is 0.355 e. The quantitative estimate of drug-likeness (QED) is 0.395. The van der Waals surface area contributed by atoms with Crippen LogP contribution >= 0.6 is 11.6 Å². The molecule has 36 heavy (non-hydrogen) atoms. The van der Waals surface area contributed by atoms with E-state index in [2.05, 4.69) is 68.4 Å².